The lowest BCUT2D eigenvalue weighted by Gasteiger charge is -2.14. The van der Waals surface area contributed by atoms with E-state index in [1.165, 1.54) is 0 Å². The van der Waals surface area contributed by atoms with Crippen LogP contribution in [0.4, 0.5) is 24.8 Å². The fraction of sp³-hybridized carbons (Fsp3) is 0.444. The maximum Gasteiger partial charge on any atom is 0.423 e. The van der Waals surface area contributed by atoms with E-state index in [0.29, 0.717) is 24.5 Å². The number of hydrogen-bond donors (Lipinski definition) is 1. The van der Waals surface area contributed by atoms with Crippen molar-refractivity contribution >= 4 is 11.6 Å². The molecule has 0 unspecified atom stereocenters. The molecule has 0 atom stereocenters. The fourth-order valence-corrected chi connectivity index (χ4v) is 2.06. The highest BCUT2D eigenvalue weighted by molar-refractivity contribution is 5.56. The number of alkyl halides is 3. The zero-order valence-corrected chi connectivity index (χ0v) is 14.8. The Morgan fingerprint density at radius 3 is 2.58 bits per heavy atom. The molecular formula is C18H22F3N3O2. The summed E-state index contributed by atoms with van der Waals surface area (Å²) in [4.78, 5) is 7.65. The predicted octanol–water partition coefficient (Wildman–Crippen LogP) is 5.21. The summed E-state index contributed by atoms with van der Waals surface area (Å²) in [6.07, 6.45) is -1.52. The number of aromatic nitrogens is 2. The van der Waals surface area contributed by atoms with Crippen molar-refractivity contribution in [3.63, 3.8) is 0 Å². The highest BCUT2D eigenvalue weighted by Gasteiger charge is 2.36. The number of unbranched alkanes of at least 4 members (excludes halogenated alkanes) is 1. The largest absolute Gasteiger partial charge is 0.494 e. The van der Waals surface area contributed by atoms with Crippen LogP contribution in [0.15, 0.2) is 30.5 Å². The molecule has 0 aliphatic heterocycles. The first-order valence-corrected chi connectivity index (χ1v) is 8.51. The van der Waals surface area contributed by atoms with Crippen molar-refractivity contribution in [3.05, 3.63) is 36.0 Å². The minimum absolute atomic E-state index is 0.0251. The van der Waals surface area contributed by atoms with Gasteiger partial charge in [-0.3, -0.25) is 0 Å². The van der Waals surface area contributed by atoms with E-state index >= 15 is 0 Å². The van der Waals surface area contributed by atoms with Gasteiger partial charge < -0.3 is 14.8 Å². The van der Waals surface area contributed by atoms with Gasteiger partial charge >= 0.3 is 6.18 Å². The van der Waals surface area contributed by atoms with E-state index < -0.39 is 17.6 Å². The number of benzene rings is 1. The first-order chi connectivity index (χ1) is 12.4. The van der Waals surface area contributed by atoms with Crippen LogP contribution in [0.5, 0.6) is 11.6 Å². The molecule has 0 amide bonds. The zero-order chi connectivity index (χ0) is 19.0. The predicted molar refractivity (Wildman–Crippen MR) is 92.9 cm³/mol. The molecule has 2 aromatic rings. The van der Waals surface area contributed by atoms with Gasteiger partial charge in [0.25, 0.3) is 0 Å². The van der Waals surface area contributed by atoms with Gasteiger partial charge in [0, 0.05) is 18.0 Å². The maximum absolute atomic E-state index is 13.1. The third kappa shape index (κ3) is 5.79. The molecule has 0 spiro atoms. The van der Waals surface area contributed by atoms with E-state index in [1.807, 2.05) is 13.8 Å². The van der Waals surface area contributed by atoms with Gasteiger partial charge in [-0.05, 0) is 25.0 Å². The minimum Gasteiger partial charge on any atom is -0.494 e. The van der Waals surface area contributed by atoms with Gasteiger partial charge in [-0.15, -0.1) is 0 Å². The number of nitrogens with zero attached hydrogens (tertiary/aromatic N) is 2. The van der Waals surface area contributed by atoms with Crippen LogP contribution in [-0.4, -0.2) is 23.2 Å². The molecule has 1 N–H and O–H groups in total. The van der Waals surface area contributed by atoms with Gasteiger partial charge in [0.1, 0.15) is 11.3 Å². The van der Waals surface area contributed by atoms with Crippen molar-refractivity contribution in [2.75, 3.05) is 18.5 Å². The Hall–Kier alpha value is -2.51. The average molecular weight is 369 g/mol. The van der Waals surface area contributed by atoms with E-state index in [1.54, 1.807) is 24.3 Å². The first kappa shape index (κ1) is 19.8. The molecule has 0 aliphatic carbocycles. The van der Waals surface area contributed by atoms with Crippen LogP contribution >= 0.6 is 0 Å². The molecule has 0 saturated carbocycles. The normalized spacial score (nSPS) is 11.3. The molecule has 1 heterocycles. The smallest absolute Gasteiger partial charge is 0.423 e. The van der Waals surface area contributed by atoms with Crippen molar-refractivity contribution in [1.29, 1.82) is 0 Å². The topological polar surface area (TPSA) is 56.3 Å². The molecule has 0 radical (unpaired) electrons. The quantitative estimate of drug-likeness (QED) is 0.615. The second-order valence-electron chi connectivity index (χ2n) is 5.61. The van der Waals surface area contributed by atoms with Crippen LogP contribution in [0.3, 0.4) is 0 Å². The Morgan fingerprint density at radius 2 is 1.88 bits per heavy atom. The van der Waals surface area contributed by atoms with Gasteiger partial charge in [-0.1, -0.05) is 26.3 Å². The molecule has 1 aromatic heterocycles. The summed E-state index contributed by atoms with van der Waals surface area (Å²) in [6, 6.07) is 7.05. The molecule has 142 valence electrons. The molecule has 0 fully saturated rings. The molecule has 1 aromatic carbocycles. The highest BCUT2D eigenvalue weighted by Crippen LogP contribution is 2.35. The summed E-state index contributed by atoms with van der Waals surface area (Å²) in [5, 5.41) is 2.88. The fourth-order valence-electron chi connectivity index (χ4n) is 2.06. The van der Waals surface area contributed by atoms with E-state index in [-0.39, 0.29) is 12.6 Å². The SMILES string of the molecule is CCCCOc1nc(Nc2cccc(OCCC)c2)ncc1C(F)(F)F. The van der Waals surface area contributed by atoms with Crippen molar-refractivity contribution in [3.8, 4) is 11.6 Å². The Labute approximate surface area is 150 Å². The molecule has 5 nitrogen and oxygen atoms in total. The molecule has 0 aliphatic rings. The number of ether oxygens (including phenoxy) is 2. The van der Waals surface area contributed by atoms with Crippen LogP contribution in [0, 0.1) is 0 Å². The van der Waals surface area contributed by atoms with E-state index in [4.69, 9.17) is 9.47 Å². The lowest BCUT2D eigenvalue weighted by atomic mass is 10.3. The van der Waals surface area contributed by atoms with Crippen molar-refractivity contribution in [2.45, 2.75) is 39.3 Å². The lowest BCUT2D eigenvalue weighted by molar-refractivity contribution is -0.139. The summed E-state index contributed by atoms with van der Waals surface area (Å²) in [7, 11) is 0. The van der Waals surface area contributed by atoms with Gasteiger partial charge in [0.15, 0.2) is 0 Å². The summed E-state index contributed by atoms with van der Waals surface area (Å²) < 4.78 is 50.0. The van der Waals surface area contributed by atoms with Gasteiger partial charge in [0.2, 0.25) is 11.8 Å². The Kier molecular flexibility index (Phi) is 7.06. The minimum atomic E-state index is -4.58. The number of halogens is 3. The lowest BCUT2D eigenvalue weighted by Crippen LogP contribution is -2.13. The average Bonchev–Trinajstić information content (AvgIpc) is 2.60. The third-order valence-electron chi connectivity index (χ3n) is 3.36. The summed E-state index contributed by atoms with van der Waals surface area (Å²) in [5.41, 5.74) is -0.378. The molecule has 8 heteroatoms. The number of anilines is 2. The highest BCUT2D eigenvalue weighted by atomic mass is 19.4. The number of nitrogens with one attached hydrogen (secondary N) is 1. The van der Waals surface area contributed by atoms with Gasteiger partial charge in [-0.2, -0.15) is 18.2 Å². The van der Waals surface area contributed by atoms with Crippen LogP contribution in [-0.2, 0) is 6.18 Å². The first-order valence-electron chi connectivity index (χ1n) is 8.51. The second kappa shape index (κ2) is 9.26. The van der Waals surface area contributed by atoms with Crippen molar-refractivity contribution < 1.29 is 22.6 Å². The summed E-state index contributed by atoms with van der Waals surface area (Å²) >= 11 is 0. The third-order valence-corrected chi connectivity index (χ3v) is 3.36. The maximum atomic E-state index is 13.1. The van der Waals surface area contributed by atoms with Crippen LogP contribution in [0.2, 0.25) is 0 Å². The Bertz CT molecular complexity index is 708. The summed E-state index contributed by atoms with van der Waals surface area (Å²) in [6.45, 7) is 4.67. The monoisotopic (exact) mass is 369 g/mol. The molecule has 2 rings (SSSR count). The molecule has 0 bridgehead atoms. The standard InChI is InChI=1S/C18H22F3N3O2/c1-3-5-10-26-16-15(18(19,20)21)12-22-17(24-16)23-13-7-6-8-14(11-13)25-9-4-2/h6-8,11-12H,3-5,9-10H2,1-2H3,(H,22,23,24). The van der Waals surface area contributed by atoms with Crippen LogP contribution < -0.4 is 14.8 Å². The van der Waals surface area contributed by atoms with Crippen LogP contribution in [0.1, 0.15) is 38.7 Å². The number of rotatable bonds is 9. The summed E-state index contributed by atoms with van der Waals surface area (Å²) in [5.74, 6) is 0.210. The van der Waals surface area contributed by atoms with E-state index in [2.05, 4.69) is 15.3 Å². The number of hydrogen-bond acceptors (Lipinski definition) is 5. The van der Waals surface area contributed by atoms with E-state index in [9.17, 15) is 13.2 Å². The zero-order valence-electron chi connectivity index (χ0n) is 14.8. The molecular weight excluding hydrogens is 347 g/mol. The molecule has 0 saturated heterocycles. The Morgan fingerprint density at radius 1 is 1.08 bits per heavy atom. The van der Waals surface area contributed by atoms with Crippen LogP contribution in [0.25, 0.3) is 0 Å². The van der Waals surface area contributed by atoms with E-state index in [0.717, 1.165) is 19.0 Å². The Balaban J connectivity index is 2.20. The van der Waals surface area contributed by atoms with Gasteiger partial charge in [-0.25, -0.2) is 4.98 Å². The van der Waals surface area contributed by atoms with Crippen molar-refractivity contribution in [2.24, 2.45) is 0 Å². The second-order valence-corrected chi connectivity index (χ2v) is 5.61. The molecule has 26 heavy (non-hydrogen) atoms. The van der Waals surface area contributed by atoms with Crippen molar-refractivity contribution in [1.82, 2.24) is 9.97 Å². The van der Waals surface area contributed by atoms with Gasteiger partial charge in [0.05, 0.1) is 13.2 Å².